The Morgan fingerprint density at radius 1 is 1.11 bits per heavy atom. The molecule has 28 heavy (non-hydrogen) atoms. The smallest absolute Gasteiger partial charge is 0.135 e. The Bertz CT molecular complexity index is 1070. The first kappa shape index (κ1) is 18.1. The number of hydrogen-bond donors (Lipinski definition) is 2. The fraction of sp³-hybridized carbons (Fsp3) is 0.143. The van der Waals surface area contributed by atoms with Crippen molar-refractivity contribution in [3.05, 3.63) is 89.9 Å². The molecule has 1 atom stereocenters. The van der Waals surface area contributed by atoms with Crippen LogP contribution in [0.5, 0.6) is 0 Å². The number of nitrogens with zero attached hydrogens (tertiary/aromatic N) is 3. The first-order chi connectivity index (χ1) is 13.6. The number of rotatable bonds is 6. The molecule has 4 rings (SSSR count). The van der Waals surface area contributed by atoms with Gasteiger partial charge in [-0.3, -0.25) is 5.10 Å². The van der Waals surface area contributed by atoms with E-state index in [1.54, 1.807) is 6.20 Å². The largest absolute Gasteiger partial charge is 0.306 e. The first-order valence-electron chi connectivity index (χ1n) is 8.93. The summed E-state index contributed by atoms with van der Waals surface area (Å²) in [5.74, 6) is -1.23. The van der Waals surface area contributed by atoms with Gasteiger partial charge in [0.2, 0.25) is 0 Å². The molecule has 0 saturated heterocycles. The number of nitrogens with one attached hydrogen (secondary N) is 2. The summed E-state index contributed by atoms with van der Waals surface area (Å²) in [6, 6.07) is 13.4. The fourth-order valence-electron chi connectivity index (χ4n) is 3.03. The van der Waals surface area contributed by atoms with Crippen LogP contribution in [0.3, 0.4) is 0 Å². The molecule has 0 radical (unpaired) electrons. The summed E-state index contributed by atoms with van der Waals surface area (Å²) >= 11 is 0. The Morgan fingerprint density at radius 3 is 2.71 bits per heavy atom. The normalized spacial score (nSPS) is 12.2. The average molecular weight is 379 g/mol. The van der Waals surface area contributed by atoms with Crippen LogP contribution in [-0.4, -0.2) is 20.0 Å². The second-order valence-electron chi connectivity index (χ2n) is 6.55. The average Bonchev–Trinajstić information content (AvgIpc) is 3.37. The summed E-state index contributed by atoms with van der Waals surface area (Å²) in [5, 5.41) is 14.6. The van der Waals surface area contributed by atoms with Gasteiger partial charge in [0.25, 0.3) is 0 Å². The minimum Gasteiger partial charge on any atom is -0.306 e. The lowest BCUT2D eigenvalue weighted by atomic mass is 10.1. The van der Waals surface area contributed by atoms with E-state index in [2.05, 4.69) is 20.6 Å². The Kier molecular flexibility index (Phi) is 4.99. The Hall–Kier alpha value is -3.32. The molecule has 0 fully saturated rings. The number of aromatic amines is 1. The number of benzene rings is 2. The highest BCUT2D eigenvalue weighted by molar-refractivity contribution is 5.63. The van der Waals surface area contributed by atoms with Gasteiger partial charge in [-0.1, -0.05) is 18.2 Å². The van der Waals surface area contributed by atoms with Crippen molar-refractivity contribution in [3.8, 4) is 16.9 Å². The summed E-state index contributed by atoms with van der Waals surface area (Å²) < 4.78 is 29.1. The minimum atomic E-state index is -0.623. The van der Waals surface area contributed by atoms with E-state index in [0.717, 1.165) is 22.9 Å². The molecule has 0 unspecified atom stereocenters. The molecule has 2 aromatic heterocycles. The van der Waals surface area contributed by atoms with Gasteiger partial charge in [-0.2, -0.15) is 10.2 Å². The molecule has 0 aliphatic rings. The number of hydrogen-bond acceptors (Lipinski definition) is 3. The summed E-state index contributed by atoms with van der Waals surface area (Å²) in [7, 11) is 0. The van der Waals surface area contributed by atoms with Crippen LogP contribution in [0.15, 0.2) is 67.1 Å². The zero-order chi connectivity index (χ0) is 19.5. The Morgan fingerprint density at radius 2 is 1.93 bits per heavy atom. The lowest BCUT2D eigenvalue weighted by Crippen LogP contribution is -2.17. The molecule has 0 amide bonds. The molecular formula is C21H19F2N5. The first-order valence-corrected chi connectivity index (χ1v) is 8.93. The van der Waals surface area contributed by atoms with E-state index in [9.17, 15) is 8.78 Å². The molecule has 2 aromatic carbocycles. The van der Waals surface area contributed by atoms with Gasteiger partial charge in [0, 0.05) is 41.5 Å². The van der Waals surface area contributed by atoms with Crippen LogP contribution < -0.4 is 5.32 Å². The zero-order valence-corrected chi connectivity index (χ0v) is 15.2. The molecular weight excluding hydrogens is 360 g/mol. The van der Waals surface area contributed by atoms with E-state index in [0.29, 0.717) is 17.8 Å². The minimum absolute atomic E-state index is 0.0262. The number of para-hydroxylation sites is 1. The highest BCUT2D eigenvalue weighted by atomic mass is 19.1. The van der Waals surface area contributed by atoms with Crippen LogP contribution in [0, 0.1) is 11.6 Å². The third-order valence-corrected chi connectivity index (χ3v) is 4.64. The molecule has 142 valence electrons. The van der Waals surface area contributed by atoms with E-state index < -0.39 is 11.6 Å². The van der Waals surface area contributed by atoms with E-state index in [4.69, 9.17) is 0 Å². The van der Waals surface area contributed by atoms with Crippen molar-refractivity contribution in [2.45, 2.75) is 19.5 Å². The van der Waals surface area contributed by atoms with Crippen LogP contribution in [0.2, 0.25) is 0 Å². The maximum atomic E-state index is 14.1. The van der Waals surface area contributed by atoms with Crippen LogP contribution >= 0.6 is 0 Å². The number of halogens is 2. The van der Waals surface area contributed by atoms with Crippen LogP contribution in [0.25, 0.3) is 16.9 Å². The van der Waals surface area contributed by atoms with Crippen molar-refractivity contribution < 1.29 is 8.78 Å². The van der Waals surface area contributed by atoms with E-state index in [1.165, 1.54) is 12.1 Å². The number of aromatic nitrogens is 4. The van der Waals surface area contributed by atoms with Crippen LogP contribution in [-0.2, 0) is 6.54 Å². The maximum Gasteiger partial charge on any atom is 0.135 e. The van der Waals surface area contributed by atoms with Crippen molar-refractivity contribution in [3.63, 3.8) is 0 Å². The van der Waals surface area contributed by atoms with Crippen molar-refractivity contribution in [2.75, 3.05) is 0 Å². The topological polar surface area (TPSA) is 58.5 Å². The third kappa shape index (κ3) is 3.70. The molecule has 5 nitrogen and oxygen atoms in total. The van der Waals surface area contributed by atoms with Gasteiger partial charge in [-0.15, -0.1) is 0 Å². The van der Waals surface area contributed by atoms with Gasteiger partial charge in [-0.25, -0.2) is 13.5 Å². The highest BCUT2D eigenvalue weighted by Gasteiger charge is 2.15. The fourth-order valence-corrected chi connectivity index (χ4v) is 3.03. The summed E-state index contributed by atoms with van der Waals surface area (Å²) in [6.45, 7) is 2.50. The molecule has 0 spiro atoms. The number of H-pyrrole nitrogens is 1. The highest BCUT2D eigenvalue weighted by Crippen LogP contribution is 2.25. The van der Waals surface area contributed by atoms with Gasteiger partial charge in [-0.05, 0) is 31.2 Å². The van der Waals surface area contributed by atoms with Crippen LogP contribution in [0.4, 0.5) is 8.78 Å². The van der Waals surface area contributed by atoms with Crippen molar-refractivity contribution in [1.82, 2.24) is 25.3 Å². The van der Waals surface area contributed by atoms with Gasteiger partial charge >= 0.3 is 0 Å². The van der Waals surface area contributed by atoms with E-state index in [-0.39, 0.29) is 6.04 Å². The molecule has 4 aromatic rings. The van der Waals surface area contributed by atoms with Gasteiger partial charge in [0.15, 0.2) is 0 Å². The molecule has 2 N–H and O–H groups in total. The molecule has 2 heterocycles. The lowest BCUT2D eigenvalue weighted by molar-refractivity contribution is 0.573. The quantitative estimate of drug-likeness (QED) is 0.522. The van der Waals surface area contributed by atoms with E-state index >= 15 is 0 Å². The van der Waals surface area contributed by atoms with Gasteiger partial charge in [0.1, 0.15) is 11.6 Å². The second kappa shape index (κ2) is 7.74. The van der Waals surface area contributed by atoms with Crippen molar-refractivity contribution >= 4 is 0 Å². The maximum absolute atomic E-state index is 14.1. The molecule has 0 aliphatic heterocycles. The van der Waals surface area contributed by atoms with Crippen molar-refractivity contribution in [1.29, 1.82) is 0 Å². The SMILES string of the molecule is C[C@H](NCc1cn[nH]c1-c1ccc(F)cc1F)c1cnn(-c2ccccc2)c1. The van der Waals surface area contributed by atoms with Gasteiger partial charge in [0.05, 0.1) is 23.8 Å². The second-order valence-corrected chi connectivity index (χ2v) is 6.55. The summed E-state index contributed by atoms with van der Waals surface area (Å²) in [6.07, 6.45) is 5.44. The third-order valence-electron chi connectivity index (χ3n) is 4.64. The molecule has 0 saturated carbocycles. The van der Waals surface area contributed by atoms with E-state index in [1.807, 2.05) is 54.3 Å². The summed E-state index contributed by atoms with van der Waals surface area (Å²) in [5.41, 5.74) is 3.65. The Balaban J connectivity index is 1.47. The lowest BCUT2D eigenvalue weighted by Gasteiger charge is -2.12. The standard InChI is InChI=1S/C21H19F2N5/c1-14(16-12-26-28(13-16)18-5-3-2-4-6-18)24-10-15-11-25-27-21(15)19-8-7-17(22)9-20(19)23/h2-9,11-14,24H,10H2,1H3,(H,25,27)/t14-/m0/s1. The van der Waals surface area contributed by atoms with Crippen molar-refractivity contribution in [2.24, 2.45) is 0 Å². The zero-order valence-electron chi connectivity index (χ0n) is 15.2. The monoisotopic (exact) mass is 379 g/mol. The summed E-state index contributed by atoms with van der Waals surface area (Å²) in [4.78, 5) is 0. The predicted octanol–water partition coefficient (Wildman–Crippen LogP) is 4.39. The molecule has 7 heteroatoms. The molecule has 0 aliphatic carbocycles. The Labute approximate surface area is 161 Å². The predicted molar refractivity (Wildman–Crippen MR) is 103 cm³/mol. The van der Waals surface area contributed by atoms with Gasteiger partial charge < -0.3 is 5.32 Å². The molecule has 0 bridgehead atoms. The van der Waals surface area contributed by atoms with Crippen LogP contribution in [0.1, 0.15) is 24.1 Å².